The summed E-state index contributed by atoms with van der Waals surface area (Å²) in [7, 11) is 0. The highest BCUT2D eigenvalue weighted by molar-refractivity contribution is 6.07. The van der Waals surface area contributed by atoms with E-state index < -0.39 is 11.9 Å². The molecule has 0 aliphatic carbocycles. The zero-order valence-corrected chi connectivity index (χ0v) is 17.1. The summed E-state index contributed by atoms with van der Waals surface area (Å²) >= 11 is 0. The summed E-state index contributed by atoms with van der Waals surface area (Å²) in [6.45, 7) is 1.75. The van der Waals surface area contributed by atoms with Gasteiger partial charge in [0.05, 0.1) is 5.52 Å². The second kappa shape index (κ2) is 9.14. The molecule has 7 heteroatoms. The average molecular weight is 427 g/mol. The Kier molecular flexibility index (Phi) is 6.32. The zero-order valence-electron chi connectivity index (χ0n) is 17.1. The molecule has 1 aromatic carbocycles. The average Bonchev–Trinajstić information content (AvgIpc) is 2.79. The summed E-state index contributed by atoms with van der Waals surface area (Å²) in [5, 5.41) is 0.820. The van der Waals surface area contributed by atoms with Crippen LogP contribution in [0, 0.1) is 0 Å². The Bertz CT molecular complexity index is 1040. The molecule has 31 heavy (non-hydrogen) atoms. The Morgan fingerprint density at radius 2 is 1.81 bits per heavy atom. The molecule has 0 spiro atoms. The van der Waals surface area contributed by atoms with Crippen molar-refractivity contribution in [3.05, 3.63) is 71.7 Å². The largest absolute Gasteiger partial charge is 0.433 e. The summed E-state index contributed by atoms with van der Waals surface area (Å²) < 4.78 is 38.8. The first-order valence-electron chi connectivity index (χ1n) is 10.6. The topological polar surface area (TPSA) is 46.1 Å². The minimum atomic E-state index is -4.46. The highest BCUT2D eigenvalue weighted by atomic mass is 19.4. The predicted molar refractivity (Wildman–Crippen MR) is 113 cm³/mol. The summed E-state index contributed by atoms with van der Waals surface area (Å²) in [5.41, 5.74) is 1.23. The van der Waals surface area contributed by atoms with E-state index in [0.29, 0.717) is 18.4 Å². The lowest BCUT2D eigenvalue weighted by Gasteiger charge is -2.35. The van der Waals surface area contributed by atoms with Gasteiger partial charge >= 0.3 is 6.18 Å². The minimum Gasteiger partial charge on any atom is -0.296 e. The van der Waals surface area contributed by atoms with E-state index in [1.807, 2.05) is 30.3 Å². The number of Topliss-reactive ketones (excluding diaryl/α,β-unsaturated/α-hetero) is 1. The van der Waals surface area contributed by atoms with Crippen LogP contribution in [0.5, 0.6) is 0 Å². The fourth-order valence-corrected chi connectivity index (χ4v) is 4.31. The highest BCUT2D eigenvalue weighted by Gasteiger charge is 2.33. The molecule has 1 aliphatic rings. The van der Waals surface area contributed by atoms with E-state index in [1.165, 1.54) is 12.3 Å². The molecule has 3 heterocycles. The van der Waals surface area contributed by atoms with E-state index in [9.17, 15) is 18.0 Å². The van der Waals surface area contributed by atoms with Crippen molar-refractivity contribution in [3.63, 3.8) is 0 Å². The Morgan fingerprint density at radius 1 is 1.00 bits per heavy atom. The van der Waals surface area contributed by atoms with E-state index in [2.05, 4.69) is 14.9 Å². The van der Waals surface area contributed by atoms with Crippen LogP contribution in [0.2, 0.25) is 0 Å². The van der Waals surface area contributed by atoms with Crippen LogP contribution >= 0.6 is 0 Å². The monoisotopic (exact) mass is 427 g/mol. The van der Waals surface area contributed by atoms with Crippen molar-refractivity contribution in [2.45, 2.75) is 44.3 Å². The number of pyridine rings is 2. The van der Waals surface area contributed by atoms with Gasteiger partial charge in [-0.3, -0.25) is 19.7 Å². The second-order valence-corrected chi connectivity index (χ2v) is 7.92. The summed E-state index contributed by atoms with van der Waals surface area (Å²) in [6.07, 6.45) is 2.63. The maximum absolute atomic E-state index is 13.1. The number of rotatable bonds is 6. The van der Waals surface area contributed by atoms with Gasteiger partial charge in [-0.25, -0.2) is 0 Å². The Balaban J connectivity index is 1.55. The van der Waals surface area contributed by atoms with E-state index >= 15 is 0 Å². The molecule has 4 rings (SSSR count). The van der Waals surface area contributed by atoms with Gasteiger partial charge in [0.1, 0.15) is 5.69 Å². The van der Waals surface area contributed by atoms with E-state index in [-0.39, 0.29) is 11.8 Å². The number of alkyl halides is 3. The molecular weight excluding hydrogens is 403 g/mol. The van der Waals surface area contributed by atoms with E-state index in [4.69, 9.17) is 0 Å². The zero-order chi connectivity index (χ0) is 21.8. The maximum atomic E-state index is 13.1. The van der Waals surface area contributed by atoms with Gasteiger partial charge < -0.3 is 0 Å². The summed E-state index contributed by atoms with van der Waals surface area (Å²) in [5.74, 6) is 0.0143. The molecular formula is C24H24F3N3O. The quantitative estimate of drug-likeness (QED) is 0.464. The molecule has 0 radical (unpaired) electrons. The molecule has 1 unspecified atom stereocenters. The molecule has 3 aromatic rings. The first-order chi connectivity index (χ1) is 14.9. The number of ketones is 1. The van der Waals surface area contributed by atoms with Gasteiger partial charge in [0.15, 0.2) is 5.78 Å². The fraction of sp³-hybridized carbons (Fsp3) is 0.375. The molecule has 1 fully saturated rings. The smallest absolute Gasteiger partial charge is 0.296 e. The van der Waals surface area contributed by atoms with Crippen molar-refractivity contribution in [3.8, 4) is 0 Å². The summed E-state index contributed by atoms with van der Waals surface area (Å²) in [6, 6.07) is 11.6. The molecule has 1 atom stereocenters. The lowest BCUT2D eigenvalue weighted by Crippen LogP contribution is -2.34. The predicted octanol–water partition coefficient (Wildman–Crippen LogP) is 5.84. The number of likely N-dealkylation sites (tertiary alicyclic amines) is 1. The lowest BCUT2D eigenvalue weighted by atomic mass is 9.94. The Labute approximate surface area is 179 Å². The number of fused-ring (bicyclic) bond motifs is 1. The molecule has 0 bridgehead atoms. The number of benzene rings is 1. The molecule has 4 nitrogen and oxygen atoms in total. The van der Waals surface area contributed by atoms with Crippen molar-refractivity contribution in [2.24, 2.45) is 0 Å². The van der Waals surface area contributed by atoms with Crippen molar-refractivity contribution in [1.29, 1.82) is 0 Å². The number of carbonyl (C=O) groups is 1. The van der Waals surface area contributed by atoms with Crippen molar-refractivity contribution >= 4 is 16.7 Å². The van der Waals surface area contributed by atoms with Crippen LogP contribution in [0.3, 0.4) is 0 Å². The van der Waals surface area contributed by atoms with Gasteiger partial charge in [-0.2, -0.15) is 13.2 Å². The number of hydrogen-bond acceptors (Lipinski definition) is 4. The van der Waals surface area contributed by atoms with Crippen LogP contribution in [0.25, 0.3) is 10.9 Å². The third-order valence-electron chi connectivity index (χ3n) is 5.88. The van der Waals surface area contributed by atoms with Crippen molar-refractivity contribution in [1.82, 2.24) is 14.9 Å². The van der Waals surface area contributed by atoms with Gasteiger partial charge in [-0.15, -0.1) is 0 Å². The van der Waals surface area contributed by atoms with Gasteiger partial charge in [-0.1, -0.05) is 30.7 Å². The third kappa shape index (κ3) is 4.93. The SMILES string of the molecule is O=C(CCC(c1ccc(C(F)(F)F)nc1)N1CCCCC1)c1cccc2ncccc12. The molecule has 2 aromatic heterocycles. The molecule has 162 valence electrons. The molecule has 1 saturated heterocycles. The standard InChI is InChI=1S/C24H24F3N3O/c25-24(26,27)23-12-9-17(16-29-23)21(30-14-2-1-3-15-30)10-11-22(31)19-6-4-8-20-18(19)7-5-13-28-20/h4-9,12-13,16,21H,1-3,10-11,14-15H2. The van der Waals surface area contributed by atoms with Gasteiger partial charge in [0.25, 0.3) is 0 Å². The van der Waals surface area contributed by atoms with Crippen LogP contribution in [-0.2, 0) is 6.18 Å². The molecule has 0 amide bonds. The van der Waals surface area contributed by atoms with Crippen LogP contribution < -0.4 is 0 Å². The molecule has 0 N–H and O–H groups in total. The van der Waals surface area contributed by atoms with Gasteiger partial charge in [0, 0.05) is 35.8 Å². The number of piperidine rings is 1. The Hall–Kier alpha value is -2.80. The number of hydrogen-bond donors (Lipinski definition) is 0. The van der Waals surface area contributed by atoms with Crippen LogP contribution in [-0.4, -0.2) is 33.7 Å². The van der Waals surface area contributed by atoms with Gasteiger partial charge in [-0.05, 0) is 56.1 Å². The normalized spacial score (nSPS) is 16.4. The van der Waals surface area contributed by atoms with Crippen LogP contribution in [0.4, 0.5) is 13.2 Å². The van der Waals surface area contributed by atoms with Gasteiger partial charge in [0.2, 0.25) is 0 Å². The third-order valence-corrected chi connectivity index (χ3v) is 5.88. The summed E-state index contributed by atoms with van der Waals surface area (Å²) in [4.78, 5) is 23.3. The Morgan fingerprint density at radius 3 is 2.52 bits per heavy atom. The fourth-order valence-electron chi connectivity index (χ4n) is 4.31. The highest BCUT2D eigenvalue weighted by Crippen LogP contribution is 2.32. The first kappa shape index (κ1) is 21.4. The maximum Gasteiger partial charge on any atom is 0.433 e. The van der Waals surface area contributed by atoms with E-state index in [0.717, 1.165) is 54.9 Å². The molecule has 0 saturated carbocycles. The number of aromatic nitrogens is 2. The van der Waals surface area contributed by atoms with Crippen LogP contribution in [0.15, 0.2) is 54.9 Å². The van der Waals surface area contributed by atoms with Crippen LogP contribution in [0.1, 0.15) is 59.8 Å². The molecule has 1 aliphatic heterocycles. The number of carbonyl (C=O) groups excluding carboxylic acids is 1. The minimum absolute atomic E-state index is 0.0143. The number of nitrogens with zero attached hydrogens (tertiary/aromatic N) is 3. The first-order valence-corrected chi connectivity index (χ1v) is 10.6. The van der Waals surface area contributed by atoms with Crippen molar-refractivity contribution in [2.75, 3.05) is 13.1 Å². The lowest BCUT2D eigenvalue weighted by molar-refractivity contribution is -0.141. The van der Waals surface area contributed by atoms with E-state index in [1.54, 1.807) is 6.20 Å². The second-order valence-electron chi connectivity index (χ2n) is 7.92. The number of halogens is 3. The van der Waals surface area contributed by atoms with Crippen molar-refractivity contribution < 1.29 is 18.0 Å².